The average Bonchev–Trinajstić information content (AvgIpc) is 2.04. The standard InChI is InChI=1S/C11H18/c1-4-10-7-5-6-8-11(10)9(2)3/h5-6,10-11H,2,4,7-8H2,1,3H3. The van der Waals surface area contributed by atoms with Gasteiger partial charge in [0.2, 0.25) is 0 Å². The molecule has 0 aromatic carbocycles. The van der Waals surface area contributed by atoms with Crippen molar-refractivity contribution in [3.63, 3.8) is 0 Å². The topological polar surface area (TPSA) is 0 Å². The van der Waals surface area contributed by atoms with Crippen LogP contribution in [0.15, 0.2) is 24.3 Å². The second kappa shape index (κ2) is 3.75. The van der Waals surface area contributed by atoms with Gasteiger partial charge < -0.3 is 0 Å². The maximum atomic E-state index is 4.04. The number of hydrogen-bond donors (Lipinski definition) is 0. The molecule has 0 heteroatoms. The van der Waals surface area contributed by atoms with E-state index in [1.54, 1.807) is 0 Å². The highest BCUT2D eigenvalue weighted by molar-refractivity contribution is 5.06. The normalized spacial score (nSPS) is 30.4. The van der Waals surface area contributed by atoms with Crippen LogP contribution < -0.4 is 0 Å². The van der Waals surface area contributed by atoms with Gasteiger partial charge >= 0.3 is 0 Å². The Balaban J connectivity index is 2.61. The molecule has 0 fully saturated rings. The Kier molecular flexibility index (Phi) is 2.92. The molecular formula is C11H18. The SMILES string of the molecule is C=C(C)C1CC=CCC1CC. The lowest BCUT2D eigenvalue weighted by molar-refractivity contribution is 0.358. The van der Waals surface area contributed by atoms with Crippen molar-refractivity contribution in [2.75, 3.05) is 0 Å². The Morgan fingerprint density at radius 3 is 2.55 bits per heavy atom. The summed E-state index contributed by atoms with van der Waals surface area (Å²) in [5.74, 6) is 1.61. The van der Waals surface area contributed by atoms with Crippen molar-refractivity contribution < 1.29 is 0 Å². The van der Waals surface area contributed by atoms with Gasteiger partial charge in [-0.1, -0.05) is 37.6 Å². The maximum Gasteiger partial charge on any atom is -0.0143 e. The molecule has 0 saturated heterocycles. The Morgan fingerprint density at radius 2 is 2.09 bits per heavy atom. The van der Waals surface area contributed by atoms with Crippen LogP contribution in [0.5, 0.6) is 0 Å². The fourth-order valence-corrected chi connectivity index (χ4v) is 1.93. The number of rotatable bonds is 2. The monoisotopic (exact) mass is 150 g/mol. The smallest absolute Gasteiger partial charge is 0.0143 e. The first-order valence-electron chi connectivity index (χ1n) is 4.56. The summed E-state index contributed by atoms with van der Waals surface area (Å²) in [6.45, 7) is 8.48. The van der Waals surface area contributed by atoms with E-state index < -0.39 is 0 Å². The lowest BCUT2D eigenvalue weighted by Gasteiger charge is -2.27. The molecule has 0 bridgehead atoms. The quantitative estimate of drug-likeness (QED) is 0.528. The second-order valence-corrected chi connectivity index (χ2v) is 3.56. The van der Waals surface area contributed by atoms with Crippen molar-refractivity contribution in [3.05, 3.63) is 24.3 Å². The lowest BCUT2D eigenvalue weighted by Crippen LogP contribution is -2.16. The molecule has 0 radical (unpaired) electrons. The third kappa shape index (κ3) is 1.95. The zero-order valence-electron chi connectivity index (χ0n) is 7.64. The fourth-order valence-electron chi connectivity index (χ4n) is 1.93. The molecule has 0 nitrogen and oxygen atoms in total. The minimum absolute atomic E-state index is 0.755. The summed E-state index contributed by atoms with van der Waals surface area (Å²) in [6, 6.07) is 0. The summed E-state index contributed by atoms with van der Waals surface area (Å²) >= 11 is 0. The first-order valence-corrected chi connectivity index (χ1v) is 4.56. The molecule has 0 saturated carbocycles. The second-order valence-electron chi connectivity index (χ2n) is 3.56. The van der Waals surface area contributed by atoms with Crippen LogP contribution in [0.1, 0.15) is 33.1 Å². The molecule has 0 spiro atoms. The van der Waals surface area contributed by atoms with Gasteiger partial charge in [-0.05, 0) is 31.6 Å². The first-order chi connectivity index (χ1) is 5.25. The van der Waals surface area contributed by atoms with E-state index in [-0.39, 0.29) is 0 Å². The van der Waals surface area contributed by atoms with Crippen molar-refractivity contribution in [1.82, 2.24) is 0 Å². The van der Waals surface area contributed by atoms with E-state index in [0.29, 0.717) is 0 Å². The summed E-state index contributed by atoms with van der Waals surface area (Å²) in [6.07, 6.45) is 8.38. The van der Waals surface area contributed by atoms with Gasteiger partial charge in [0.15, 0.2) is 0 Å². The van der Waals surface area contributed by atoms with Gasteiger partial charge in [0.05, 0.1) is 0 Å². The molecule has 0 N–H and O–H groups in total. The summed E-state index contributed by atoms with van der Waals surface area (Å²) in [7, 11) is 0. The van der Waals surface area contributed by atoms with Crippen LogP contribution in [-0.4, -0.2) is 0 Å². The third-order valence-corrected chi connectivity index (χ3v) is 2.72. The molecule has 2 atom stereocenters. The molecule has 0 aliphatic heterocycles. The molecule has 62 valence electrons. The van der Waals surface area contributed by atoms with Gasteiger partial charge in [0.1, 0.15) is 0 Å². The van der Waals surface area contributed by atoms with Crippen molar-refractivity contribution >= 4 is 0 Å². The largest absolute Gasteiger partial charge is 0.0998 e. The Morgan fingerprint density at radius 1 is 1.45 bits per heavy atom. The Hall–Kier alpha value is -0.520. The molecule has 0 aromatic rings. The minimum atomic E-state index is 0.755. The molecule has 1 aliphatic carbocycles. The van der Waals surface area contributed by atoms with Gasteiger partial charge in [-0.15, -0.1) is 0 Å². The highest BCUT2D eigenvalue weighted by Gasteiger charge is 2.20. The van der Waals surface area contributed by atoms with Gasteiger partial charge in [0.25, 0.3) is 0 Å². The van der Waals surface area contributed by atoms with Crippen LogP contribution in [0.3, 0.4) is 0 Å². The average molecular weight is 150 g/mol. The van der Waals surface area contributed by atoms with E-state index in [2.05, 4.69) is 32.6 Å². The highest BCUT2D eigenvalue weighted by atomic mass is 14.3. The summed E-state index contributed by atoms with van der Waals surface area (Å²) < 4.78 is 0. The first kappa shape index (κ1) is 8.58. The molecule has 1 rings (SSSR count). The molecule has 1 aliphatic rings. The van der Waals surface area contributed by atoms with Crippen LogP contribution in [0.25, 0.3) is 0 Å². The maximum absolute atomic E-state index is 4.04. The van der Waals surface area contributed by atoms with E-state index in [4.69, 9.17) is 0 Å². The van der Waals surface area contributed by atoms with Gasteiger partial charge in [0, 0.05) is 0 Å². The molecule has 2 unspecified atom stereocenters. The minimum Gasteiger partial charge on any atom is -0.0998 e. The summed E-state index contributed by atoms with van der Waals surface area (Å²) in [5.41, 5.74) is 1.36. The molecular weight excluding hydrogens is 132 g/mol. The summed E-state index contributed by atoms with van der Waals surface area (Å²) in [4.78, 5) is 0. The van der Waals surface area contributed by atoms with Crippen molar-refractivity contribution in [1.29, 1.82) is 0 Å². The predicted molar refractivity (Wildman–Crippen MR) is 50.5 cm³/mol. The van der Waals surface area contributed by atoms with Crippen molar-refractivity contribution in [3.8, 4) is 0 Å². The van der Waals surface area contributed by atoms with Gasteiger partial charge in [-0.2, -0.15) is 0 Å². The van der Waals surface area contributed by atoms with Crippen LogP contribution in [-0.2, 0) is 0 Å². The van der Waals surface area contributed by atoms with Gasteiger partial charge in [-0.3, -0.25) is 0 Å². The van der Waals surface area contributed by atoms with Crippen LogP contribution >= 0.6 is 0 Å². The van der Waals surface area contributed by atoms with E-state index in [1.807, 2.05) is 0 Å². The fraction of sp³-hybridized carbons (Fsp3) is 0.636. The van der Waals surface area contributed by atoms with Crippen molar-refractivity contribution in [2.45, 2.75) is 33.1 Å². The van der Waals surface area contributed by atoms with Crippen LogP contribution in [0, 0.1) is 11.8 Å². The number of hydrogen-bond acceptors (Lipinski definition) is 0. The van der Waals surface area contributed by atoms with E-state index in [0.717, 1.165) is 11.8 Å². The molecule has 0 amide bonds. The third-order valence-electron chi connectivity index (χ3n) is 2.72. The predicted octanol–water partition coefficient (Wildman–Crippen LogP) is 3.55. The van der Waals surface area contributed by atoms with Crippen molar-refractivity contribution in [2.24, 2.45) is 11.8 Å². The van der Waals surface area contributed by atoms with E-state index >= 15 is 0 Å². The zero-order chi connectivity index (χ0) is 8.27. The lowest BCUT2D eigenvalue weighted by atomic mass is 9.78. The van der Waals surface area contributed by atoms with Crippen LogP contribution in [0.4, 0.5) is 0 Å². The highest BCUT2D eigenvalue weighted by Crippen LogP contribution is 2.32. The Labute approximate surface area is 70.0 Å². The van der Waals surface area contributed by atoms with E-state index in [1.165, 1.54) is 24.8 Å². The number of allylic oxidation sites excluding steroid dienone is 3. The van der Waals surface area contributed by atoms with Crippen LogP contribution in [0.2, 0.25) is 0 Å². The molecule has 11 heavy (non-hydrogen) atoms. The molecule has 0 aromatic heterocycles. The van der Waals surface area contributed by atoms with E-state index in [9.17, 15) is 0 Å². The molecule has 0 heterocycles. The van der Waals surface area contributed by atoms with Gasteiger partial charge in [-0.25, -0.2) is 0 Å². The summed E-state index contributed by atoms with van der Waals surface area (Å²) in [5, 5.41) is 0. The zero-order valence-corrected chi connectivity index (χ0v) is 7.64. The Bertz CT molecular complexity index is 165.